The summed E-state index contributed by atoms with van der Waals surface area (Å²) < 4.78 is 7.48. The predicted molar refractivity (Wildman–Crippen MR) is 106 cm³/mol. The molecule has 0 saturated heterocycles. The number of amides is 2. The number of fused-ring (bicyclic) bond motifs is 1. The second-order valence-electron chi connectivity index (χ2n) is 6.03. The quantitative estimate of drug-likeness (QED) is 0.627. The molecule has 0 radical (unpaired) electrons. The zero-order valence-corrected chi connectivity index (χ0v) is 16.2. The van der Waals surface area contributed by atoms with Crippen LogP contribution >= 0.6 is 15.9 Å². The van der Waals surface area contributed by atoms with Crippen molar-refractivity contribution in [2.45, 2.75) is 19.9 Å². The van der Waals surface area contributed by atoms with E-state index in [-0.39, 0.29) is 31.3 Å². The van der Waals surface area contributed by atoms with E-state index < -0.39 is 5.76 Å². The molecule has 140 valence electrons. The van der Waals surface area contributed by atoms with Crippen LogP contribution in [0.5, 0.6) is 0 Å². The van der Waals surface area contributed by atoms with Crippen LogP contribution in [0.25, 0.3) is 11.1 Å². The molecule has 1 aromatic heterocycles. The number of carbonyl (C=O) groups is 2. The third-order valence-corrected chi connectivity index (χ3v) is 4.91. The van der Waals surface area contributed by atoms with E-state index in [4.69, 9.17) is 4.42 Å². The van der Waals surface area contributed by atoms with Gasteiger partial charge >= 0.3 is 5.76 Å². The van der Waals surface area contributed by atoms with Crippen LogP contribution in [-0.4, -0.2) is 22.9 Å². The number of halogens is 1. The van der Waals surface area contributed by atoms with Crippen LogP contribution in [-0.2, 0) is 16.1 Å². The predicted octanol–water partition coefficient (Wildman–Crippen LogP) is 2.81. The Hall–Kier alpha value is -2.87. The number of oxazole rings is 1. The van der Waals surface area contributed by atoms with Gasteiger partial charge in [-0.25, -0.2) is 4.79 Å². The standard InChI is InChI=1S/C19H18BrN3O4/c1-12-10-13(6-7-14(12)20)22-18(25)11-21-17(24)8-9-23-15-4-2-3-5-16(15)27-19(23)26/h2-7,10H,8-9,11H2,1H3,(H,21,24)(H,22,25). The van der Waals surface area contributed by atoms with Crippen LogP contribution < -0.4 is 16.4 Å². The summed E-state index contributed by atoms with van der Waals surface area (Å²) in [5.41, 5.74) is 2.77. The van der Waals surface area contributed by atoms with E-state index in [0.29, 0.717) is 16.8 Å². The van der Waals surface area contributed by atoms with Gasteiger partial charge in [-0.2, -0.15) is 0 Å². The highest BCUT2D eigenvalue weighted by Gasteiger charge is 2.11. The lowest BCUT2D eigenvalue weighted by molar-refractivity contribution is -0.124. The van der Waals surface area contributed by atoms with Crippen molar-refractivity contribution in [3.63, 3.8) is 0 Å². The summed E-state index contributed by atoms with van der Waals surface area (Å²) in [7, 11) is 0. The van der Waals surface area contributed by atoms with Crippen LogP contribution in [0.3, 0.4) is 0 Å². The Labute approximate surface area is 163 Å². The smallest absolute Gasteiger partial charge is 0.408 e. The second kappa shape index (κ2) is 8.22. The maximum Gasteiger partial charge on any atom is 0.419 e. The fraction of sp³-hybridized carbons (Fsp3) is 0.211. The van der Waals surface area contributed by atoms with Crippen molar-refractivity contribution in [2.75, 3.05) is 11.9 Å². The van der Waals surface area contributed by atoms with E-state index in [9.17, 15) is 14.4 Å². The molecular formula is C19H18BrN3O4. The fourth-order valence-electron chi connectivity index (χ4n) is 2.63. The molecular weight excluding hydrogens is 414 g/mol. The molecule has 0 aliphatic heterocycles. The molecule has 0 spiro atoms. The van der Waals surface area contributed by atoms with E-state index in [1.54, 1.807) is 30.3 Å². The first-order valence-corrected chi connectivity index (χ1v) is 9.14. The van der Waals surface area contributed by atoms with Gasteiger partial charge in [0.25, 0.3) is 0 Å². The molecule has 0 aliphatic carbocycles. The summed E-state index contributed by atoms with van der Waals surface area (Å²) in [5.74, 6) is -1.15. The van der Waals surface area contributed by atoms with Gasteiger partial charge in [-0.05, 0) is 42.8 Å². The number of hydrogen-bond acceptors (Lipinski definition) is 4. The Balaban J connectivity index is 1.50. The summed E-state index contributed by atoms with van der Waals surface area (Å²) in [4.78, 5) is 35.8. The SMILES string of the molecule is Cc1cc(NC(=O)CNC(=O)CCn2c(=O)oc3ccccc32)ccc1Br. The van der Waals surface area contributed by atoms with Crippen LogP contribution in [0.1, 0.15) is 12.0 Å². The minimum Gasteiger partial charge on any atom is -0.408 e. The largest absolute Gasteiger partial charge is 0.419 e. The number of nitrogens with one attached hydrogen (secondary N) is 2. The molecule has 0 aliphatic rings. The number of benzene rings is 2. The van der Waals surface area contributed by atoms with Gasteiger partial charge in [-0.15, -0.1) is 0 Å². The van der Waals surface area contributed by atoms with Crippen LogP contribution in [0.15, 0.2) is 56.1 Å². The Kier molecular flexibility index (Phi) is 5.75. The van der Waals surface area contributed by atoms with Gasteiger partial charge in [0.05, 0.1) is 12.1 Å². The van der Waals surface area contributed by atoms with Crippen molar-refractivity contribution in [1.29, 1.82) is 0 Å². The monoisotopic (exact) mass is 431 g/mol. The van der Waals surface area contributed by atoms with Crippen molar-refractivity contribution in [3.05, 3.63) is 63.1 Å². The number of para-hydroxylation sites is 2. The second-order valence-corrected chi connectivity index (χ2v) is 6.88. The summed E-state index contributed by atoms with van der Waals surface area (Å²) >= 11 is 3.40. The highest BCUT2D eigenvalue weighted by atomic mass is 79.9. The lowest BCUT2D eigenvalue weighted by Crippen LogP contribution is -2.33. The number of rotatable bonds is 6. The van der Waals surface area contributed by atoms with Gasteiger partial charge in [0.2, 0.25) is 11.8 Å². The number of aromatic nitrogens is 1. The molecule has 3 rings (SSSR count). The molecule has 2 N–H and O–H groups in total. The van der Waals surface area contributed by atoms with E-state index in [1.165, 1.54) is 4.57 Å². The van der Waals surface area contributed by atoms with Crippen molar-refractivity contribution in [2.24, 2.45) is 0 Å². The molecule has 0 atom stereocenters. The fourth-order valence-corrected chi connectivity index (χ4v) is 2.88. The van der Waals surface area contributed by atoms with E-state index in [1.807, 2.05) is 19.1 Å². The molecule has 0 fully saturated rings. The van der Waals surface area contributed by atoms with Crippen LogP contribution in [0.4, 0.5) is 5.69 Å². The van der Waals surface area contributed by atoms with E-state index in [0.717, 1.165) is 10.0 Å². The third-order valence-electron chi connectivity index (χ3n) is 4.02. The molecule has 27 heavy (non-hydrogen) atoms. The maximum atomic E-state index is 12.0. The first-order valence-electron chi connectivity index (χ1n) is 8.35. The molecule has 2 aromatic carbocycles. The molecule has 3 aromatic rings. The molecule has 7 nitrogen and oxygen atoms in total. The van der Waals surface area contributed by atoms with Crippen molar-refractivity contribution < 1.29 is 14.0 Å². The van der Waals surface area contributed by atoms with Gasteiger partial charge in [0.1, 0.15) is 0 Å². The lowest BCUT2D eigenvalue weighted by atomic mass is 10.2. The Morgan fingerprint density at radius 1 is 1.15 bits per heavy atom. The number of hydrogen-bond donors (Lipinski definition) is 2. The summed E-state index contributed by atoms with van der Waals surface area (Å²) in [5, 5.41) is 5.28. The molecule has 0 unspecified atom stereocenters. The van der Waals surface area contributed by atoms with Gasteiger partial charge in [0, 0.05) is 23.1 Å². The molecule has 8 heteroatoms. The minimum absolute atomic E-state index is 0.0636. The summed E-state index contributed by atoms with van der Waals surface area (Å²) in [6.07, 6.45) is 0.0636. The van der Waals surface area contributed by atoms with E-state index in [2.05, 4.69) is 26.6 Å². The summed E-state index contributed by atoms with van der Waals surface area (Å²) in [6, 6.07) is 12.5. The first-order chi connectivity index (χ1) is 12.9. The zero-order chi connectivity index (χ0) is 19.4. The normalized spacial score (nSPS) is 10.7. The number of carbonyl (C=O) groups excluding carboxylic acids is 2. The topological polar surface area (TPSA) is 93.3 Å². The number of nitrogens with zero attached hydrogens (tertiary/aromatic N) is 1. The molecule has 1 heterocycles. The third kappa shape index (κ3) is 4.65. The zero-order valence-electron chi connectivity index (χ0n) is 14.6. The highest BCUT2D eigenvalue weighted by Crippen LogP contribution is 2.19. The van der Waals surface area contributed by atoms with Gasteiger partial charge in [0.15, 0.2) is 5.58 Å². The average Bonchev–Trinajstić information content (AvgIpc) is 2.96. The van der Waals surface area contributed by atoms with Crippen molar-refractivity contribution in [3.8, 4) is 0 Å². The number of aryl methyl sites for hydroxylation is 2. The minimum atomic E-state index is -0.507. The van der Waals surface area contributed by atoms with Gasteiger partial charge in [-0.1, -0.05) is 28.1 Å². The molecule has 2 amide bonds. The van der Waals surface area contributed by atoms with Gasteiger partial charge < -0.3 is 15.1 Å². The Morgan fingerprint density at radius 2 is 1.93 bits per heavy atom. The van der Waals surface area contributed by atoms with Crippen molar-refractivity contribution >= 4 is 44.5 Å². The van der Waals surface area contributed by atoms with Crippen LogP contribution in [0, 0.1) is 6.92 Å². The Bertz CT molecular complexity index is 1050. The Morgan fingerprint density at radius 3 is 2.70 bits per heavy atom. The van der Waals surface area contributed by atoms with Crippen molar-refractivity contribution in [1.82, 2.24) is 9.88 Å². The van der Waals surface area contributed by atoms with Crippen LogP contribution in [0.2, 0.25) is 0 Å². The van der Waals surface area contributed by atoms with E-state index >= 15 is 0 Å². The molecule has 0 bridgehead atoms. The average molecular weight is 432 g/mol. The molecule has 0 saturated carbocycles. The van der Waals surface area contributed by atoms with Gasteiger partial charge in [-0.3, -0.25) is 14.2 Å². The number of anilines is 1. The first kappa shape index (κ1) is 18.9. The highest BCUT2D eigenvalue weighted by molar-refractivity contribution is 9.10. The lowest BCUT2D eigenvalue weighted by Gasteiger charge is -2.08. The summed E-state index contributed by atoms with van der Waals surface area (Å²) in [6.45, 7) is 1.95. The maximum absolute atomic E-state index is 12.0.